The molecule has 1 aliphatic rings. The van der Waals surface area contributed by atoms with E-state index in [9.17, 15) is 19.2 Å². The fourth-order valence-corrected chi connectivity index (χ4v) is 3.79. The van der Waals surface area contributed by atoms with Gasteiger partial charge < -0.3 is 14.6 Å². The van der Waals surface area contributed by atoms with Crippen LogP contribution in [0.3, 0.4) is 0 Å². The molecule has 0 spiro atoms. The SMILES string of the molecule is CN(C)C(=O)Sc1ccc(NC(=O)c2ccc3c(c2)C(=O)N(Cc2ccco2)C3=O)cc1. The molecule has 4 amide bonds. The molecule has 1 aromatic heterocycles. The number of benzene rings is 2. The number of carbonyl (C=O) groups excluding carboxylic acids is 4. The lowest BCUT2D eigenvalue weighted by Crippen LogP contribution is -2.28. The predicted molar refractivity (Wildman–Crippen MR) is 119 cm³/mol. The Bertz CT molecular complexity index is 1200. The van der Waals surface area contributed by atoms with Gasteiger partial charge in [0, 0.05) is 30.2 Å². The van der Waals surface area contributed by atoms with Crippen LogP contribution in [0.2, 0.25) is 0 Å². The van der Waals surface area contributed by atoms with Gasteiger partial charge in [-0.3, -0.25) is 24.1 Å². The minimum Gasteiger partial charge on any atom is -0.467 e. The summed E-state index contributed by atoms with van der Waals surface area (Å²) >= 11 is 1.08. The zero-order valence-electron chi connectivity index (χ0n) is 17.3. The maximum atomic E-state index is 12.7. The number of amides is 4. The highest BCUT2D eigenvalue weighted by atomic mass is 32.2. The number of hydrogen-bond donors (Lipinski definition) is 1. The molecule has 2 aromatic carbocycles. The fourth-order valence-electron chi connectivity index (χ4n) is 3.14. The number of hydrogen-bond acceptors (Lipinski definition) is 6. The van der Waals surface area contributed by atoms with E-state index in [0.29, 0.717) is 11.4 Å². The minimum absolute atomic E-state index is 0.0293. The molecule has 3 aromatic rings. The minimum atomic E-state index is -0.469. The molecule has 0 fully saturated rings. The van der Waals surface area contributed by atoms with Gasteiger partial charge in [0.1, 0.15) is 5.76 Å². The molecule has 0 saturated carbocycles. The van der Waals surface area contributed by atoms with Crippen molar-refractivity contribution in [2.75, 3.05) is 19.4 Å². The lowest BCUT2D eigenvalue weighted by Gasteiger charge is -2.11. The van der Waals surface area contributed by atoms with Crippen LogP contribution in [0.5, 0.6) is 0 Å². The number of rotatable bonds is 5. The fraction of sp³-hybridized carbons (Fsp3) is 0.130. The molecular weight excluding hydrogens is 430 g/mol. The maximum Gasteiger partial charge on any atom is 0.285 e. The highest BCUT2D eigenvalue weighted by molar-refractivity contribution is 8.13. The van der Waals surface area contributed by atoms with E-state index >= 15 is 0 Å². The smallest absolute Gasteiger partial charge is 0.285 e. The van der Waals surface area contributed by atoms with E-state index in [4.69, 9.17) is 4.42 Å². The van der Waals surface area contributed by atoms with Crippen molar-refractivity contribution in [1.29, 1.82) is 0 Å². The molecule has 8 nitrogen and oxygen atoms in total. The summed E-state index contributed by atoms with van der Waals surface area (Å²) in [5.74, 6) is -0.814. The maximum absolute atomic E-state index is 12.7. The van der Waals surface area contributed by atoms with Gasteiger partial charge in [-0.05, 0) is 66.4 Å². The Morgan fingerprint density at radius 2 is 1.72 bits per heavy atom. The highest BCUT2D eigenvalue weighted by Gasteiger charge is 2.36. The Morgan fingerprint density at radius 1 is 1.00 bits per heavy atom. The van der Waals surface area contributed by atoms with E-state index in [0.717, 1.165) is 21.6 Å². The van der Waals surface area contributed by atoms with Crippen LogP contribution in [0.15, 0.2) is 70.2 Å². The summed E-state index contributed by atoms with van der Waals surface area (Å²) in [6.07, 6.45) is 1.47. The Balaban J connectivity index is 1.46. The summed E-state index contributed by atoms with van der Waals surface area (Å²) in [6.45, 7) is 0.0293. The first-order valence-corrected chi connectivity index (χ1v) is 10.5. The van der Waals surface area contributed by atoms with Crippen molar-refractivity contribution in [3.63, 3.8) is 0 Å². The van der Waals surface area contributed by atoms with Crippen molar-refractivity contribution in [1.82, 2.24) is 9.80 Å². The highest BCUT2D eigenvalue weighted by Crippen LogP contribution is 2.27. The number of thioether (sulfide) groups is 1. The number of imide groups is 1. The van der Waals surface area contributed by atoms with Crippen molar-refractivity contribution in [3.05, 3.63) is 83.3 Å². The average Bonchev–Trinajstić information content (AvgIpc) is 3.38. The second-order valence-electron chi connectivity index (χ2n) is 7.28. The predicted octanol–water partition coefficient (Wildman–Crippen LogP) is 4.10. The summed E-state index contributed by atoms with van der Waals surface area (Å²) in [4.78, 5) is 53.1. The normalized spacial score (nSPS) is 12.6. The Labute approximate surface area is 188 Å². The molecular formula is C23H19N3O5S. The van der Waals surface area contributed by atoms with E-state index in [2.05, 4.69) is 5.32 Å². The van der Waals surface area contributed by atoms with Crippen molar-refractivity contribution in [2.45, 2.75) is 11.4 Å². The summed E-state index contributed by atoms with van der Waals surface area (Å²) < 4.78 is 5.23. The van der Waals surface area contributed by atoms with Crippen LogP contribution in [0.4, 0.5) is 10.5 Å². The molecule has 0 saturated heterocycles. The first-order valence-electron chi connectivity index (χ1n) is 9.66. The van der Waals surface area contributed by atoms with E-state index in [1.807, 2.05) is 0 Å². The quantitative estimate of drug-likeness (QED) is 0.465. The van der Waals surface area contributed by atoms with Crippen LogP contribution in [0.25, 0.3) is 0 Å². The van der Waals surface area contributed by atoms with Crippen LogP contribution in [-0.4, -0.2) is 46.9 Å². The third-order valence-electron chi connectivity index (χ3n) is 4.81. The molecule has 4 rings (SSSR count). The second kappa shape index (κ2) is 8.72. The topological polar surface area (TPSA) is 99.9 Å². The Morgan fingerprint density at radius 3 is 2.38 bits per heavy atom. The van der Waals surface area contributed by atoms with Crippen molar-refractivity contribution in [3.8, 4) is 0 Å². The average molecular weight is 449 g/mol. The lowest BCUT2D eigenvalue weighted by atomic mass is 10.1. The molecule has 0 radical (unpaired) electrons. The Kier molecular flexibility index (Phi) is 5.83. The van der Waals surface area contributed by atoms with Gasteiger partial charge in [0.25, 0.3) is 23.0 Å². The zero-order valence-corrected chi connectivity index (χ0v) is 18.1. The monoisotopic (exact) mass is 449 g/mol. The van der Waals surface area contributed by atoms with Gasteiger partial charge in [-0.15, -0.1) is 0 Å². The number of nitrogens with one attached hydrogen (secondary N) is 1. The number of carbonyl (C=O) groups is 4. The molecule has 1 N–H and O–H groups in total. The number of anilines is 1. The van der Waals surface area contributed by atoms with E-state index < -0.39 is 17.7 Å². The van der Waals surface area contributed by atoms with Crippen molar-refractivity contribution < 1.29 is 23.6 Å². The van der Waals surface area contributed by atoms with E-state index in [-0.39, 0.29) is 28.5 Å². The third kappa shape index (κ3) is 4.28. The van der Waals surface area contributed by atoms with Gasteiger partial charge in [0.2, 0.25) is 0 Å². The molecule has 0 atom stereocenters. The third-order valence-corrected chi connectivity index (χ3v) is 5.86. The second-order valence-corrected chi connectivity index (χ2v) is 8.30. The molecule has 0 aliphatic carbocycles. The van der Waals surface area contributed by atoms with E-state index in [1.54, 1.807) is 50.5 Å². The number of nitrogens with zero attached hydrogens (tertiary/aromatic N) is 2. The van der Waals surface area contributed by atoms with E-state index in [1.165, 1.54) is 29.4 Å². The van der Waals surface area contributed by atoms with Gasteiger partial charge in [-0.2, -0.15) is 0 Å². The van der Waals surface area contributed by atoms with Crippen LogP contribution in [0.1, 0.15) is 36.8 Å². The summed E-state index contributed by atoms with van der Waals surface area (Å²) in [7, 11) is 3.35. The standard InChI is InChI=1S/C23H19N3O5S/c1-25(2)23(30)32-17-8-6-15(7-9-17)24-20(27)14-5-10-18-19(12-14)22(29)26(21(18)28)13-16-4-3-11-31-16/h3-12H,13H2,1-2H3,(H,24,27). The molecule has 0 bridgehead atoms. The van der Waals surface area contributed by atoms with Crippen LogP contribution in [0, 0.1) is 0 Å². The molecule has 32 heavy (non-hydrogen) atoms. The summed E-state index contributed by atoms with van der Waals surface area (Å²) in [5, 5.41) is 2.66. The first kappa shape index (κ1) is 21.4. The molecule has 2 heterocycles. The lowest BCUT2D eigenvalue weighted by molar-refractivity contribution is 0.0631. The molecule has 9 heteroatoms. The number of furan rings is 1. The van der Waals surface area contributed by atoms with Gasteiger partial charge in [-0.1, -0.05) is 0 Å². The van der Waals surface area contributed by atoms with Crippen LogP contribution in [-0.2, 0) is 6.54 Å². The van der Waals surface area contributed by atoms with Crippen molar-refractivity contribution in [2.24, 2.45) is 0 Å². The van der Waals surface area contributed by atoms with Gasteiger partial charge >= 0.3 is 0 Å². The van der Waals surface area contributed by atoms with Gasteiger partial charge in [-0.25, -0.2) is 0 Å². The Hall–Kier alpha value is -3.85. The molecule has 0 unspecified atom stereocenters. The largest absolute Gasteiger partial charge is 0.467 e. The number of fused-ring (bicyclic) bond motifs is 1. The zero-order chi connectivity index (χ0) is 22.8. The first-order chi connectivity index (χ1) is 15.3. The molecule has 1 aliphatic heterocycles. The van der Waals surface area contributed by atoms with Gasteiger partial charge in [0.15, 0.2) is 0 Å². The van der Waals surface area contributed by atoms with Crippen LogP contribution >= 0.6 is 11.8 Å². The van der Waals surface area contributed by atoms with Gasteiger partial charge in [0.05, 0.1) is 23.9 Å². The summed E-state index contributed by atoms with van der Waals surface area (Å²) in [6, 6.07) is 14.6. The van der Waals surface area contributed by atoms with Crippen LogP contribution < -0.4 is 5.32 Å². The molecule has 162 valence electrons. The van der Waals surface area contributed by atoms with Crippen molar-refractivity contribution >= 4 is 40.4 Å². The summed E-state index contributed by atoms with van der Waals surface area (Å²) in [5.41, 5.74) is 1.23.